The van der Waals surface area contributed by atoms with Crippen molar-refractivity contribution >= 4 is 5.96 Å². The number of nitrogens with one attached hydrogen (secondary N) is 2. The molecule has 1 unspecified atom stereocenters. The molecule has 1 rings (SSSR count). The van der Waals surface area contributed by atoms with Crippen molar-refractivity contribution in [1.29, 1.82) is 0 Å². The van der Waals surface area contributed by atoms with Gasteiger partial charge in [0.15, 0.2) is 5.96 Å². The number of aliphatic hydroxyl groups is 1. The van der Waals surface area contributed by atoms with E-state index in [-0.39, 0.29) is 13.2 Å². The summed E-state index contributed by atoms with van der Waals surface area (Å²) >= 11 is 0. The van der Waals surface area contributed by atoms with Crippen LogP contribution in [0.2, 0.25) is 0 Å². The number of alkyl halides is 3. The van der Waals surface area contributed by atoms with E-state index in [4.69, 9.17) is 0 Å². The lowest BCUT2D eigenvalue weighted by Gasteiger charge is -2.17. The molecule has 0 fully saturated rings. The van der Waals surface area contributed by atoms with Gasteiger partial charge in [-0.3, -0.25) is 4.99 Å². The van der Waals surface area contributed by atoms with Crippen molar-refractivity contribution < 1.29 is 18.3 Å². The second-order valence-corrected chi connectivity index (χ2v) is 6.96. The number of aliphatic imine (C=N–C) groups is 1. The van der Waals surface area contributed by atoms with Gasteiger partial charge < -0.3 is 15.7 Å². The summed E-state index contributed by atoms with van der Waals surface area (Å²) in [6.07, 6.45) is -2.68. The maximum absolute atomic E-state index is 12.7. The molecule has 0 aliphatic heterocycles. The summed E-state index contributed by atoms with van der Waals surface area (Å²) in [7, 11) is 0. The number of nitrogens with zero attached hydrogens (tertiary/aromatic N) is 1. The van der Waals surface area contributed by atoms with Crippen LogP contribution in [-0.4, -0.2) is 37.3 Å². The molecule has 0 aliphatic rings. The fourth-order valence-electron chi connectivity index (χ4n) is 2.74. The van der Waals surface area contributed by atoms with Gasteiger partial charge in [0.1, 0.15) is 0 Å². The Morgan fingerprint density at radius 2 is 2.00 bits per heavy atom. The van der Waals surface area contributed by atoms with Gasteiger partial charge in [0.25, 0.3) is 0 Å². The first-order valence-corrected chi connectivity index (χ1v) is 9.55. The summed E-state index contributed by atoms with van der Waals surface area (Å²) in [5.41, 5.74) is -0.388. The Balaban J connectivity index is 2.68. The molecule has 1 aromatic carbocycles. The van der Waals surface area contributed by atoms with E-state index in [0.717, 1.165) is 18.6 Å². The van der Waals surface area contributed by atoms with E-state index in [1.54, 1.807) is 6.07 Å². The van der Waals surface area contributed by atoms with Gasteiger partial charge in [0, 0.05) is 25.3 Å². The molecule has 0 radical (unpaired) electrons. The molecule has 0 saturated heterocycles. The quantitative estimate of drug-likeness (QED) is 0.357. The first-order chi connectivity index (χ1) is 13.3. The average molecular weight is 397 g/mol. The van der Waals surface area contributed by atoms with E-state index in [0.29, 0.717) is 42.9 Å². The van der Waals surface area contributed by atoms with E-state index in [9.17, 15) is 18.3 Å². The molecule has 156 valence electrons. The van der Waals surface area contributed by atoms with Crippen LogP contribution in [0.4, 0.5) is 13.2 Å². The SMILES string of the molecule is CCNC(=NCC(CCO)CC(C)C)NCC#Cc1cccc(C(F)(F)F)c1. The Morgan fingerprint density at radius 3 is 2.61 bits per heavy atom. The molecule has 4 nitrogen and oxygen atoms in total. The number of benzene rings is 1. The fraction of sp³-hybridized carbons (Fsp3) is 0.571. The van der Waals surface area contributed by atoms with Gasteiger partial charge >= 0.3 is 6.18 Å². The highest BCUT2D eigenvalue weighted by molar-refractivity contribution is 5.80. The summed E-state index contributed by atoms with van der Waals surface area (Å²) in [6.45, 7) is 7.90. The van der Waals surface area contributed by atoms with Crippen molar-refractivity contribution in [1.82, 2.24) is 10.6 Å². The van der Waals surface area contributed by atoms with Crippen LogP contribution < -0.4 is 10.6 Å². The van der Waals surface area contributed by atoms with Crippen LogP contribution in [0.25, 0.3) is 0 Å². The molecule has 0 heterocycles. The molecule has 1 aromatic rings. The number of rotatable bonds is 8. The zero-order valence-corrected chi connectivity index (χ0v) is 16.7. The van der Waals surface area contributed by atoms with Crippen LogP contribution in [0, 0.1) is 23.7 Å². The molecule has 1 atom stereocenters. The lowest BCUT2D eigenvalue weighted by molar-refractivity contribution is -0.137. The van der Waals surface area contributed by atoms with Crippen molar-refractivity contribution in [3.63, 3.8) is 0 Å². The Bertz CT molecular complexity index is 675. The van der Waals surface area contributed by atoms with E-state index >= 15 is 0 Å². The number of halogens is 3. The zero-order chi connectivity index (χ0) is 21.0. The number of hydrogen-bond acceptors (Lipinski definition) is 2. The molecule has 0 spiro atoms. The molecule has 0 bridgehead atoms. The Kier molecular flexibility index (Phi) is 10.5. The molecule has 28 heavy (non-hydrogen) atoms. The van der Waals surface area contributed by atoms with E-state index < -0.39 is 11.7 Å². The number of hydrogen-bond donors (Lipinski definition) is 3. The highest BCUT2D eigenvalue weighted by Gasteiger charge is 2.30. The van der Waals surface area contributed by atoms with E-state index in [1.807, 2.05) is 6.92 Å². The summed E-state index contributed by atoms with van der Waals surface area (Å²) in [5, 5.41) is 15.4. The molecule has 0 aromatic heterocycles. The van der Waals surface area contributed by atoms with Crippen LogP contribution in [0.5, 0.6) is 0 Å². The van der Waals surface area contributed by atoms with Crippen molar-refractivity contribution in [3.05, 3.63) is 35.4 Å². The lowest BCUT2D eigenvalue weighted by atomic mass is 9.94. The average Bonchev–Trinajstić information content (AvgIpc) is 2.62. The van der Waals surface area contributed by atoms with Gasteiger partial charge in [-0.2, -0.15) is 13.2 Å². The Morgan fingerprint density at radius 1 is 1.25 bits per heavy atom. The third kappa shape index (κ3) is 9.65. The normalized spacial score (nSPS) is 13.1. The summed E-state index contributed by atoms with van der Waals surface area (Å²) in [4.78, 5) is 4.54. The minimum Gasteiger partial charge on any atom is -0.396 e. The van der Waals surface area contributed by atoms with Crippen molar-refractivity contribution in [2.45, 2.75) is 39.8 Å². The van der Waals surface area contributed by atoms with Gasteiger partial charge in [0.05, 0.1) is 12.1 Å². The zero-order valence-electron chi connectivity index (χ0n) is 16.7. The highest BCUT2D eigenvalue weighted by Crippen LogP contribution is 2.29. The second-order valence-electron chi connectivity index (χ2n) is 6.96. The lowest BCUT2D eigenvalue weighted by Crippen LogP contribution is -2.38. The Hall–Kier alpha value is -2.20. The fourth-order valence-corrected chi connectivity index (χ4v) is 2.74. The Labute approximate surface area is 165 Å². The van der Waals surface area contributed by atoms with Gasteiger partial charge in [-0.1, -0.05) is 31.8 Å². The minimum atomic E-state index is -4.37. The van der Waals surface area contributed by atoms with Crippen LogP contribution in [0.1, 0.15) is 44.7 Å². The van der Waals surface area contributed by atoms with E-state index in [1.165, 1.54) is 6.07 Å². The van der Waals surface area contributed by atoms with Crippen molar-refractivity contribution in [3.8, 4) is 11.8 Å². The summed E-state index contributed by atoms with van der Waals surface area (Å²) < 4.78 is 38.2. The highest BCUT2D eigenvalue weighted by atomic mass is 19.4. The third-order valence-electron chi connectivity index (χ3n) is 3.96. The van der Waals surface area contributed by atoms with Crippen LogP contribution >= 0.6 is 0 Å². The maximum atomic E-state index is 12.7. The third-order valence-corrected chi connectivity index (χ3v) is 3.96. The van der Waals surface area contributed by atoms with Gasteiger partial charge in [0.2, 0.25) is 0 Å². The van der Waals surface area contributed by atoms with Gasteiger partial charge in [-0.05, 0) is 49.8 Å². The summed E-state index contributed by atoms with van der Waals surface area (Å²) in [5.74, 6) is 7.00. The molecule has 7 heteroatoms. The van der Waals surface area contributed by atoms with Gasteiger partial charge in [-0.15, -0.1) is 0 Å². The predicted octanol–water partition coefficient (Wildman–Crippen LogP) is 3.66. The number of guanidine groups is 1. The first-order valence-electron chi connectivity index (χ1n) is 9.55. The van der Waals surface area contributed by atoms with Crippen LogP contribution in [-0.2, 0) is 6.18 Å². The van der Waals surface area contributed by atoms with Crippen LogP contribution in [0.15, 0.2) is 29.3 Å². The minimum absolute atomic E-state index is 0.138. The molecular formula is C21H30F3N3O. The molecule has 0 amide bonds. The van der Waals surface area contributed by atoms with Gasteiger partial charge in [-0.25, -0.2) is 0 Å². The van der Waals surface area contributed by atoms with Crippen molar-refractivity contribution in [2.24, 2.45) is 16.8 Å². The molecule has 0 saturated carbocycles. The topological polar surface area (TPSA) is 56.7 Å². The number of aliphatic hydroxyl groups excluding tert-OH is 1. The monoisotopic (exact) mass is 397 g/mol. The first kappa shape index (κ1) is 23.8. The van der Waals surface area contributed by atoms with Crippen molar-refractivity contribution in [2.75, 3.05) is 26.2 Å². The largest absolute Gasteiger partial charge is 0.416 e. The van der Waals surface area contributed by atoms with E-state index in [2.05, 4.69) is 41.3 Å². The molecule has 0 aliphatic carbocycles. The smallest absolute Gasteiger partial charge is 0.396 e. The second kappa shape index (κ2) is 12.3. The molecule has 3 N–H and O–H groups in total. The standard InChI is InChI=1S/C21H30F3N3O/c1-4-25-20(27-15-18(10-12-28)13-16(2)3)26-11-6-8-17-7-5-9-19(14-17)21(22,23)24/h5,7,9,14,16,18,28H,4,10-13,15H2,1-3H3,(H2,25,26,27). The predicted molar refractivity (Wildman–Crippen MR) is 107 cm³/mol. The summed E-state index contributed by atoms with van der Waals surface area (Å²) in [6, 6.07) is 4.96. The maximum Gasteiger partial charge on any atom is 0.416 e. The van der Waals surface area contributed by atoms with Crippen LogP contribution in [0.3, 0.4) is 0 Å². The molecular weight excluding hydrogens is 367 g/mol.